The van der Waals surface area contributed by atoms with E-state index in [2.05, 4.69) is 0 Å². The van der Waals surface area contributed by atoms with E-state index in [1.807, 2.05) is 102 Å². The Kier molecular flexibility index (Phi) is 6.00. The number of benzene rings is 4. The Balaban J connectivity index is 1.33. The number of esters is 1. The summed E-state index contributed by atoms with van der Waals surface area (Å²) in [5, 5.41) is 0. The molecule has 0 saturated carbocycles. The molecule has 0 radical (unpaired) electrons. The van der Waals surface area contributed by atoms with Crippen molar-refractivity contribution in [3.63, 3.8) is 0 Å². The highest BCUT2D eigenvalue weighted by atomic mass is 19.1. The quantitative estimate of drug-likeness (QED) is 0.244. The van der Waals surface area contributed by atoms with Gasteiger partial charge in [-0.25, -0.2) is 14.1 Å². The van der Waals surface area contributed by atoms with Crippen molar-refractivity contribution in [1.29, 1.82) is 0 Å². The van der Waals surface area contributed by atoms with Crippen LogP contribution in [0.1, 0.15) is 22.8 Å². The van der Waals surface area contributed by atoms with Gasteiger partial charge in [0.1, 0.15) is 11.9 Å². The van der Waals surface area contributed by atoms with Crippen LogP contribution in [-0.4, -0.2) is 29.9 Å². The molecule has 4 aromatic rings. The molecular weight excluding hydrogens is 519 g/mol. The molecule has 0 unspecified atom stereocenters. The summed E-state index contributed by atoms with van der Waals surface area (Å²) in [6.45, 7) is 0. The number of fused-ring (bicyclic) bond motifs is 5. The third-order valence-electron chi connectivity index (χ3n) is 8.19. The van der Waals surface area contributed by atoms with Crippen molar-refractivity contribution in [2.24, 2.45) is 11.8 Å². The van der Waals surface area contributed by atoms with Crippen LogP contribution in [0, 0.1) is 17.7 Å². The fourth-order valence-electron chi connectivity index (χ4n) is 6.42. The van der Waals surface area contributed by atoms with E-state index >= 15 is 0 Å². The molecule has 4 aromatic carbocycles. The number of anilines is 2. The minimum absolute atomic E-state index is 0.109. The van der Waals surface area contributed by atoms with E-state index in [4.69, 9.17) is 4.74 Å². The number of carbonyl (C=O) groups is 3. The zero-order valence-electron chi connectivity index (χ0n) is 21.8. The van der Waals surface area contributed by atoms with Gasteiger partial charge in [-0.15, -0.1) is 0 Å². The van der Waals surface area contributed by atoms with Crippen molar-refractivity contribution >= 4 is 35.2 Å². The maximum Gasteiger partial charge on any atom is 0.330 e. The summed E-state index contributed by atoms with van der Waals surface area (Å²) in [7, 11) is 0. The lowest BCUT2D eigenvalue weighted by molar-refractivity contribution is -0.151. The second-order valence-corrected chi connectivity index (χ2v) is 10.4. The first-order valence-corrected chi connectivity index (χ1v) is 13.5. The first-order valence-electron chi connectivity index (χ1n) is 13.5. The monoisotopic (exact) mass is 544 g/mol. The molecule has 4 atom stereocenters. The molecule has 7 rings (SSSR count). The van der Waals surface area contributed by atoms with Gasteiger partial charge in [0.05, 0.1) is 23.6 Å². The molecule has 41 heavy (non-hydrogen) atoms. The van der Waals surface area contributed by atoms with Gasteiger partial charge in [-0.05, 0) is 34.9 Å². The molecule has 0 aromatic heterocycles. The van der Waals surface area contributed by atoms with Gasteiger partial charge in [0.25, 0.3) is 0 Å². The Morgan fingerprint density at radius 3 is 1.93 bits per heavy atom. The predicted octanol–water partition coefficient (Wildman–Crippen LogP) is 5.55. The Bertz CT molecular complexity index is 1650. The lowest BCUT2D eigenvalue weighted by atomic mass is 9.88. The van der Waals surface area contributed by atoms with E-state index < -0.39 is 53.6 Å². The van der Waals surface area contributed by atoms with Crippen LogP contribution in [0.15, 0.2) is 115 Å². The Morgan fingerprint density at radius 1 is 0.707 bits per heavy atom. The smallest absolute Gasteiger partial charge is 0.330 e. The molecule has 2 fully saturated rings. The minimum Gasteiger partial charge on any atom is -0.451 e. The van der Waals surface area contributed by atoms with Crippen molar-refractivity contribution in [2.75, 3.05) is 9.80 Å². The summed E-state index contributed by atoms with van der Waals surface area (Å²) >= 11 is 0. The SMILES string of the molecule is O=C(OC(c1ccccc1)c1ccccc1)[C@@H]1[C@@H]2C(=O)N(c3ccccc3F)C(=O)[C@H]2[C@H]2C=Cc3ccccc3N21. The first kappa shape index (κ1) is 25.0. The molecule has 0 bridgehead atoms. The number of para-hydroxylation sites is 2. The topological polar surface area (TPSA) is 66.9 Å². The lowest BCUT2D eigenvalue weighted by Gasteiger charge is -2.36. The fourth-order valence-corrected chi connectivity index (χ4v) is 6.42. The van der Waals surface area contributed by atoms with Crippen LogP contribution in [0.5, 0.6) is 0 Å². The highest BCUT2D eigenvalue weighted by Gasteiger charge is 2.65. The second kappa shape index (κ2) is 9.86. The summed E-state index contributed by atoms with van der Waals surface area (Å²) in [5.41, 5.74) is 3.06. The average molecular weight is 545 g/mol. The van der Waals surface area contributed by atoms with Crippen molar-refractivity contribution in [2.45, 2.75) is 18.2 Å². The highest BCUT2D eigenvalue weighted by molar-refractivity contribution is 6.24. The Morgan fingerprint density at radius 2 is 1.27 bits per heavy atom. The number of imide groups is 1. The van der Waals surface area contributed by atoms with Crippen LogP contribution in [0.2, 0.25) is 0 Å². The molecule has 3 aliphatic heterocycles. The largest absolute Gasteiger partial charge is 0.451 e. The minimum atomic E-state index is -1.10. The first-order chi connectivity index (χ1) is 20.0. The van der Waals surface area contributed by atoms with Gasteiger partial charge in [-0.1, -0.05) is 103 Å². The van der Waals surface area contributed by atoms with Crippen LogP contribution in [0.3, 0.4) is 0 Å². The van der Waals surface area contributed by atoms with Gasteiger partial charge in [0, 0.05) is 5.69 Å². The number of nitrogens with zero attached hydrogens (tertiary/aromatic N) is 2. The molecule has 3 aliphatic rings. The van der Waals surface area contributed by atoms with Crippen molar-refractivity contribution in [1.82, 2.24) is 0 Å². The maximum absolute atomic E-state index is 14.8. The summed E-state index contributed by atoms with van der Waals surface area (Å²) in [6.07, 6.45) is 3.03. The van der Waals surface area contributed by atoms with Crippen molar-refractivity contribution in [3.8, 4) is 0 Å². The summed E-state index contributed by atoms with van der Waals surface area (Å²) in [4.78, 5) is 45.0. The fraction of sp³-hybridized carbons (Fsp3) is 0.147. The van der Waals surface area contributed by atoms with Gasteiger partial charge >= 0.3 is 5.97 Å². The van der Waals surface area contributed by atoms with E-state index in [1.54, 1.807) is 6.07 Å². The number of rotatable bonds is 5. The van der Waals surface area contributed by atoms with Gasteiger partial charge < -0.3 is 9.64 Å². The molecule has 0 N–H and O–H groups in total. The zero-order valence-corrected chi connectivity index (χ0v) is 21.8. The number of amides is 2. The average Bonchev–Trinajstić information content (AvgIpc) is 3.49. The summed E-state index contributed by atoms with van der Waals surface area (Å²) in [5.74, 6) is -4.37. The Hall–Kier alpha value is -5.04. The predicted molar refractivity (Wildman–Crippen MR) is 152 cm³/mol. The van der Waals surface area contributed by atoms with Crippen LogP contribution in [0.4, 0.5) is 15.8 Å². The molecule has 0 aliphatic carbocycles. The standard InChI is InChI=1S/C34H25FN2O4/c35-24-16-8-10-18-26(24)37-32(38)28-27-20-19-21-11-7-9-17-25(21)36(27)30(29(28)33(37)39)34(40)41-31(22-12-3-1-4-13-22)23-14-5-2-6-15-23/h1-20,27-31H/t27-,28+,29-,30+/m1/s1. The van der Waals surface area contributed by atoms with E-state index in [9.17, 15) is 18.8 Å². The molecule has 2 saturated heterocycles. The van der Waals surface area contributed by atoms with Gasteiger partial charge in [0.2, 0.25) is 11.8 Å². The highest BCUT2D eigenvalue weighted by Crippen LogP contribution is 2.50. The lowest BCUT2D eigenvalue weighted by Crippen LogP contribution is -2.49. The molecule has 7 heteroatoms. The molecule has 6 nitrogen and oxygen atoms in total. The van der Waals surface area contributed by atoms with Crippen molar-refractivity contribution in [3.05, 3.63) is 138 Å². The third-order valence-corrected chi connectivity index (χ3v) is 8.19. The van der Waals surface area contributed by atoms with Crippen LogP contribution >= 0.6 is 0 Å². The molecule has 202 valence electrons. The molecule has 2 amide bonds. The normalized spacial score (nSPS) is 22.5. The van der Waals surface area contributed by atoms with E-state index in [0.29, 0.717) is 0 Å². The maximum atomic E-state index is 14.8. The molecular formula is C34H25FN2O4. The zero-order chi connectivity index (χ0) is 28.1. The van der Waals surface area contributed by atoms with Gasteiger partial charge in [-0.3, -0.25) is 9.59 Å². The van der Waals surface area contributed by atoms with E-state index in [1.165, 1.54) is 18.2 Å². The number of ether oxygens (including phenoxy) is 1. The number of hydrogen-bond acceptors (Lipinski definition) is 5. The van der Waals surface area contributed by atoms with Crippen LogP contribution in [-0.2, 0) is 19.1 Å². The summed E-state index contributed by atoms with van der Waals surface area (Å²) < 4.78 is 21.1. The third kappa shape index (κ3) is 3.96. The second-order valence-electron chi connectivity index (χ2n) is 10.4. The van der Waals surface area contributed by atoms with Crippen LogP contribution < -0.4 is 9.80 Å². The number of halogens is 1. The van der Waals surface area contributed by atoms with Crippen molar-refractivity contribution < 1.29 is 23.5 Å². The number of carbonyl (C=O) groups excluding carboxylic acids is 3. The molecule has 3 heterocycles. The van der Waals surface area contributed by atoms with Crippen LogP contribution in [0.25, 0.3) is 6.08 Å². The van der Waals surface area contributed by atoms with E-state index in [-0.39, 0.29) is 5.69 Å². The summed E-state index contributed by atoms with van der Waals surface area (Å²) in [6, 6.07) is 30.4. The number of hydrogen-bond donors (Lipinski definition) is 0. The van der Waals surface area contributed by atoms with Gasteiger partial charge in [-0.2, -0.15) is 0 Å². The van der Waals surface area contributed by atoms with Gasteiger partial charge in [0.15, 0.2) is 6.10 Å². The van der Waals surface area contributed by atoms with E-state index in [0.717, 1.165) is 27.3 Å². The molecule has 0 spiro atoms. The Labute approximate surface area is 236 Å².